The van der Waals surface area contributed by atoms with E-state index in [1.807, 2.05) is 0 Å². The van der Waals surface area contributed by atoms with Crippen LogP contribution in [0.4, 0.5) is 0 Å². The number of carbonyl (C=O) groups excluding carboxylic acids is 2. The van der Waals surface area contributed by atoms with Crippen LogP contribution in [0, 0.1) is 0 Å². The first kappa shape index (κ1) is 19.7. The van der Waals surface area contributed by atoms with Crippen LogP contribution in [0.5, 0.6) is 0 Å². The number of hydrogen-bond acceptors (Lipinski definition) is 3. The molecule has 0 N–H and O–H groups in total. The minimum absolute atomic E-state index is 0. The first-order chi connectivity index (χ1) is 5.81. The Labute approximate surface area is 106 Å². The van der Waals surface area contributed by atoms with Gasteiger partial charge in [-0.15, -0.1) is 0 Å². The summed E-state index contributed by atoms with van der Waals surface area (Å²) in [4.78, 5) is 20.3. The van der Waals surface area contributed by atoms with Crippen molar-refractivity contribution in [2.75, 3.05) is 0 Å². The summed E-state index contributed by atoms with van der Waals surface area (Å²) in [5, 5.41) is 0. The van der Waals surface area contributed by atoms with Crippen molar-refractivity contribution < 1.29 is 47.9 Å². The summed E-state index contributed by atoms with van der Waals surface area (Å²) in [6, 6.07) is 0. The van der Waals surface area contributed by atoms with E-state index < -0.39 is 5.97 Å². The van der Waals surface area contributed by atoms with Gasteiger partial charge in [0.2, 0.25) is 0 Å². The Bertz CT molecular complexity index is 140. The SMILES string of the molecule is CCCCCCCC(=O)OC=O.[Co].[Co]. The van der Waals surface area contributed by atoms with Gasteiger partial charge in [-0.2, -0.15) is 0 Å². The van der Waals surface area contributed by atoms with Crippen molar-refractivity contribution in [3.8, 4) is 0 Å². The zero-order valence-electron chi connectivity index (χ0n) is 8.21. The largest absolute Gasteiger partial charge is 0.395 e. The van der Waals surface area contributed by atoms with Crippen molar-refractivity contribution >= 4 is 12.4 Å². The predicted molar refractivity (Wildman–Crippen MR) is 45.5 cm³/mol. The maximum Gasteiger partial charge on any atom is 0.313 e. The number of rotatable bonds is 7. The van der Waals surface area contributed by atoms with E-state index in [0.717, 1.165) is 19.3 Å². The second kappa shape index (κ2) is 15.6. The Balaban J connectivity index is -0.000000605. The normalized spacial score (nSPS) is 8.07. The van der Waals surface area contributed by atoms with Gasteiger partial charge >= 0.3 is 12.4 Å². The molecule has 88 valence electrons. The molecular formula is C9H16Co2O3. The van der Waals surface area contributed by atoms with E-state index in [0.29, 0.717) is 6.42 Å². The topological polar surface area (TPSA) is 43.4 Å². The van der Waals surface area contributed by atoms with Gasteiger partial charge < -0.3 is 4.74 Å². The van der Waals surface area contributed by atoms with Gasteiger partial charge in [-0.1, -0.05) is 32.6 Å². The van der Waals surface area contributed by atoms with Gasteiger partial charge in [0.25, 0.3) is 0 Å². The summed E-state index contributed by atoms with van der Waals surface area (Å²) in [6.45, 7) is 2.33. The van der Waals surface area contributed by atoms with Crippen molar-refractivity contribution in [3.05, 3.63) is 0 Å². The van der Waals surface area contributed by atoms with E-state index >= 15 is 0 Å². The quantitative estimate of drug-likeness (QED) is 0.312. The Morgan fingerprint density at radius 2 is 1.71 bits per heavy atom. The van der Waals surface area contributed by atoms with Gasteiger partial charge in [0, 0.05) is 40.0 Å². The third kappa shape index (κ3) is 14.7. The standard InChI is InChI=1S/C9H16O3.2Co/c1-2-3-4-5-6-7-9(11)12-8-10;;/h8H,2-7H2,1H3;;. The second-order valence-electron chi connectivity index (χ2n) is 2.75. The Morgan fingerprint density at radius 1 is 1.14 bits per heavy atom. The van der Waals surface area contributed by atoms with Crippen molar-refractivity contribution in [2.24, 2.45) is 0 Å². The Morgan fingerprint density at radius 3 is 2.21 bits per heavy atom. The van der Waals surface area contributed by atoms with E-state index in [1.165, 1.54) is 12.8 Å². The molecule has 0 atom stereocenters. The zero-order chi connectivity index (χ0) is 9.23. The molecule has 14 heavy (non-hydrogen) atoms. The Hall–Kier alpha value is 0.153. The summed E-state index contributed by atoms with van der Waals surface area (Å²) in [6.07, 6.45) is 5.79. The van der Waals surface area contributed by atoms with Crippen LogP contribution in [0.2, 0.25) is 0 Å². The van der Waals surface area contributed by atoms with Crippen LogP contribution in [0.25, 0.3) is 0 Å². The maximum absolute atomic E-state index is 10.6. The van der Waals surface area contributed by atoms with Crippen LogP contribution in [-0.2, 0) is 47.9 Å². The molecule has 0 aliphatic heterocycles. The summed E-state index contributed by atoms with van der Waals surface area (Å²) in [7, 11) is 0. The van der Waals surface area contributed by atoms with Crippen LogP contribution < -0.4 is 0 Å². The average Bonchev–Trinajstić information content (AvgIpc) is 2.05. The van der Waals surface area contributed by atoms with Crippen LogP contribution in [0.15, 0.2) is 0 Å². The van der Waals surface area contributed by atoms with Gasteiger partial charge in [0.15, 0.2) is 0 Å². The molecule has 0 aromatic heterocycles. The second-order valence-corrected chi connectivity index (χ2v) is 2.75. The summed E-state index contributed by atoms with van der Waals surface area (Å²) in [5.41, 5.74) is 0. The summed E-state index contributed by atoms with van der Waals surface area (Å²) >= 11 is 0. The minimum atomic E-state index is -0.415. The molecule has 0 spiro atoms. The fourth-order valence-corrected chi connectivity index (χ4v) is 0.985. The van der Waals surface area contributed by atoms with Crippen LogP contribution in [0.1, 0.15) is 45.4 Å². The van der Waals surface area contributed by atoms with Crippen LogP contribution in [-0.4, -0.2) is 12.4 Å². The number of esters is 1. The maximum atomic E-state index is 10.6. The van der Waals surface area contributed by atoms with Crippen molar-refractivity contribution in [3.63, 3.8) is 0 Å². The molecule has 3 nitrogen and oxygen atoms in total. The van der Waals surface area contributed by atoms with Crippen LogP contribution >= 0.6 is 0 Å². The third-order valence-corrected chi connectivity index (χ3v) is 1.66. The molecular weight excluding hydrogens is 274 g/mol. The van der Waals surface area contributed by atoms with Crippen LogP contribution in [0.3, 0.4) is 0 Å². The number of carbonyl (C=O) groups is 2. The third-order valence-electron chi connectivity index (χ3n) is 1.66. The molecule has 0 aliphatic rings. The van der Waals surface area contributed by atoms with Gasteiger partial charge in [0.1, 0.15) is 0 Å². The average molecular weight is 290 g/mol. The van der Waals surface area contributed by atoms with Crippen molar-refractivity contribution in [2.45, 2.75) is 45.4 Å². The molecule has 0 aromatic carbocycles. The minimum Gasteiger partial charge on any atom is -0.395 e. The predicted octanol–water partition coefficient (Wildman–Crippen LogP) is 2.04. The molecule has 2 radical (unpaired) electrons. The smallest absolute Gasteiger partial charge is 0.313 e. The molecule has 0 bridgehead atoms. The summed E-state index contributed by atoms with van der Waals surface area (Å²) < 4.78 is 4.13. The van der Waals surface area contributed by atoms with Gasteiger partial charge in [-0.05, 0) is 6.42 Å². The van der Waals surface area contributed by atoms with Crippen molar-refractivity contribution in [1.29, 1.82) is 0 Å². The molecule has 0 aromatic rings. The fraction of sp³-hybridized carbons (Fsp3) is 0.778. The Kier molecular flexibility index (Phi) is 22.0. The number of unbranched alkanes of at least 4 members (excludes halogenated alkanes) is 4. The van der Waals surface area contributed by atoms with Crippen molar-refractivity contribution in [1.82, 2.24) is 0 Å². The van der Waals surface area contributed by atoms with Gasteiger partial charge in [-0.25, -0.2) is 0 Å². The molecule has 5 heteroatoms. The molecule has 0 rings (SSSR count). The van der Waals surface area contributed by atoms with Gasteiger partial charge in [0.05, 0.1) is 0 Å². The van der Waals surface area contributed by atoms with E-state index in [2.05, 4.69) is 11.7 Å². The zero-order valence-corrected chi connectivity index (χ0v) is 10.3. The first-order valence-electron chi connectivity index (χ1n) is 4.44. The molecule has 0 aliphatic carbocycles. The summed E-state index contributed by atoms with van der Waals surface area (Å²) in [5.74, 6) is -0.415. The molecule has 0 amide bonds. The van der Waals surface area contributed by atoms with E-state index in [-0.39, 0.29) is 40.0 Å². The molecule has 0 saturated heterocycles. The van der Waals surface area contributed by atoms with E-state index in [1.54, 1.807) is 0 Å². The molecule has 0 heterocycles. The molecule has 0 fully saturated rings. The van der Waals surface area contributed by atoms with Gasteiger partial charge in [-0.3, -0.25) is 9.59 Å². The fourth-order valence-electron chi connectivity index (χ4n) is 0.985. The monoisotopic (exact) mass is 290 g/mol. The number of hydrogen-bond donors (Lipinski definition) is 0. The molecule has 0 saturated carbocycles. The number of ether oxygens (including phenoxy) is 1. The molecule has 0 unspecified atom stereocenters. The van der Waals surface area contributed by atoms with E-state index in [4.69, 9.17) is 0 Å². The van der Waals surface area contributed by atoms with E-state index in [9.17, 15) is 9.59 Å². The first-order valence-corrected chi connectivity index (χ1v) is 4.44.